The number of nitrogens with one attached hydrogen (secondary N) is 1. The molecule has 1 fully saturated rings. The number of hydrogen-bond donors (Lipinski definition) is 1. The number of aromatic nitrogens is 3. The summed E-state index contributed by atoms with van der Waals surface area (Å²) in [6, 6.07) is 6.55. The lowest BCUT2D eigenvalue weighted by atomic mass is 9.92. The van der Waals surface area contributed by atoms with Crippen LogP contribution in [0.4, 0.5) is 0 Å². The Bertz CT molecular complexity index is 895. The molecule has 160 valence electrons. The van der Waals surface area contributed by atoms with E-state index in [1.165, 1.54) is 6.33 Å². The van der Waals surface area contributed by atoms with Crippen molar-refractivity contribution in [2.75, 3.05) is 26.3 Å². The van der Waals surface area contributed by atoms with Crippen molar-refractivity contribution in [2.45, 2.75) is 44.4 Å². The summed E-state index contributed by atoms with van der Waals surface area (Å²) in [6.07, 6.45) is 4.41. The summed E-state index contributed by atoms with van der Waals surface area (Å²) < 4.78 is 13.6. The summed E-state index contributed by atoms with van der Waals surface area (Å²) in [7, 11) is 0. The molecule has 0 saturated carbocycles. The van der Waals surface area contributed by atoms with E-state index in [1.54, 1.807) is 28.9 Å². The van der Waals surface area contributed by atoms with Gasteiger partial charge in [0, 0.05) is 19.4 Å². The van der Waals surface area contributed by atoms with E-state index in [2.05, 4.69) is 15.4 Å². The lowest BCUT2D eigenvalue weighted by molar-refractivity contribution is -0.126. The molecule has 2 aromatic rings. The van der Waals surface area contributed by atoms with Gasteiger partial charge in [0.25, 0.3) is 5.91 Å². The lowest BCUT2D eigenvalue weighted by Crippen LogP contribution is -2.56. The van der Waals surface area contributed by atoms with E-state index < -0.39 is 11.6 Å². The van der Waals surface area contributed by atoms with Crippen LogP contribution in [0.1, 0.15) is 43.1 Å². The summed E-state index contributed by atoms with van der Waals surface area (Å²) >= 11 is 0. The van der Waals surface area contributed by atoms with Gasteiger partial charge in [-0.2, -0.15) is 5.10 Å². The van der Waals surface area contributed by atoms with Gasteiger partial charge in [-0.05, 0) is 26.0 Å². The van der Waals surface area contributed by atoms with Crippen LogP contribution in [0, 0.1) is 0 Å². The molecule has 2 aliphatic heterocycles. The quantitative estimate of drug-likeness (QED) is 0.796. The smallest absolute Gasteiger partial charge is 0.258 e. The molecule has 1 aromatic heterocycles. The highest BCUT2D eigenvalue weighted by atomic mass is 16.5. The molecular weight excluding hydrogens is 386 g/mol. The van der Waals surface area contributed by atoms with Gasteiger partial charge >= 0.3 is 0 Å². The second-order valence-corrected chi connectivity index (χ2v) is 7.97. The van der Waals surface area contributed by atoms with Gasteiger partial charge in [0.05, 0.1) is 31.4 Å². The van der Waals surface area contributed by atoms with Crippen molar-refractivity contribution >= 4 is 11.8 Å². The first-order valence-electron chi connectivity index (χ1n) is 10.3. The predicted molar refractivity (Wildman–Crippen MR) is 108 cm³/mol. The molecule has 2 atom stereocenters. The molecule has 2 amide bonds. The molecule has 1 N–H and O–H groups in total. The van der Waals surface area contributed by atoms with Gasteiger partial charge in [-0.15, -0.1) is 0 Å². The van der Waals surface area contributed by atoms with Gasteiger partial charge in [-0.1, -0.05) is 12.1 Å². The van der Waals surface area contributed by atoms with E-state index in [1.807, 2.05) is 25.1 Å². The molecule has 0 aliphatic carbocycles. The first kappa shape index (κ1) is 20.3. The van der Waals surface area contributed by atoms with Crippen molar-refractivity contribution in [3.05, 3.63) is 42.5 Å². The summed E-state index contributed by atoms with van der Waals surface area (Å²) in [4.78, 5) is 31.8. The second-order valence-electron chi connectivity index (χ2n) is 7.97. The third-order valence-electron chi connectivity index (χ3n) is 5.87. The van der Waals surface area contributed by atoms with E-state index in [9.17, 15) is 9.59 Å². The van der Waals surface area contributed by atoms with E-state index in [0.29, 0.717) is 50.5 Å². The Hall–Kier alpha value is -2.94. The zero-order valence-electron chi connectivity index (χ0n) is 17.3. The molecule has 4 rings (SSSR count). The highest BCUT2D eigenvalue weighted by molar-refractivity contribution is 6.00. The number of hydrogen-bond acceptors (Lipinski definition) is 6. The molecule has 9 nitrogen and oxygen atoms in total. The van der Waals surface area contributed by atoms with Crippen LogP contribution < -0.4 is 10.1 Å². The Morgan fingerprint density at radius 3 is 2.77 bits per heavy atom. The Kier molecular flexibility index (Phi) is 5.72. The van der Waals surface area contributed by atoms with Crippen molar-refractivity contribution in [1.82, 2.24) is 25.0 Å². The number of benzene rings is 1. The predicted octanol–water partition coefficient (Wildman–Crippen LogP) is 1.43. The maximum Gasteiger partial charge on any atom is 0.258 e. The molecule has 9 heteroatoms. The highest BCUT2D eigenvalue weighted by Crippen LogP contribution is 2.35. The van der Waals surface area contributed by atoms with Crippen LogP contribution in [0.15, 0.2) is 36.9 Å². The summed E-state index contributed by atoms with van der Waals surface area (Å²) in [5.41, 5.74) is -0.0696. The molecule has 1 aromatic carbocycles. The average molecular weight is 413 g/mol. The van der Waals surface area contributed by atoms with E-state index >= 15 is 0 Å². The van der Waals surface area contributed by atoms with Crippen molar-refractivity contribution in [3.63, 3.8) is 0 Å². The highest BCUT2D eigenvalue weighted by Gasteiger charge is 2.44. The summed E-state index contributed by atoms with van der Waals surface area (Å²) in [6.45, 7) is 5.57. The monoisotopic (exact) mass is 413 g/mol. The lowest BCUT2D eigenvalue weighted by Gasteiger charge is -2.40. The van der Waals surface area contributed by atoms with Crippen molar-refractivity contribution < 1.29 is 19.1 Å². The van der Waals surface area contributed by atoms with Crippen molar-refractivity contribution in [2.24, 2.45) is 0 Å². The maximum atomic E-state index is 13.3. The van der Waals surface area contributed by atoms with Gasteiger partial charge < -0.3 is 19.7 Å². The second kappa shape index (κ2) is 8.43. The number of nitrogens with zero attached hydrogens (tertiary/aromatic N) is 4. The molecular formula is C21H27N5O4. The zero-order valence-corrected chi connectivity index (χ0v) is 17.3. The van der Waals surface area contributed by atoms with E-state index in [-0.39, 0.29) is 17.9 Å². The van der Waals surface area contributed by atoms with Crippen LogP contribution in [0.5, 0.6) is 5.75 Å². The Labute approximate surface area is 175 Å². The fraction of sp³-hybridized carbons (Fsp3) is 0.524. The van der Waals surface area contributed by atoms with E-state index in [4.69, 9.17) is 9.47 Å². The number of carbonyl (C=O) groups is 2. The van der Waals surface area contributed by atoms with Crippen LogP contribution in [-0.4, -0.2) is 69.4 Å². The molecule has 0 radical (unpaired) electrons. The number of ether oxygens (including phenoxy) is 2. The summed E-state index contributed by atoms with van der Waals surface area (Å²) in [5, 5.41) is 7.03. The third kappa shape index (κ3) is 4.02. The van der Waals surface area contributed by atoms with Crippen molar-refractivity contribution in [1.29, 1.82) is 0 Å². The molecule has 3 heterocycles. The van der Waals surface area contributed by atoms with Gasteiger partial charge in [-0.3, -0.25) is 9.59 Å². The van der Waals surface area contributed by atoms with Crippen LogP contribution >= 0.6 is 0 Å². The Balaban J connectivity index is 1.53. The van der Waals surface area contributed by atoms with Crippen LogP contribution in [-0.2, 0) is 9.53 Å². The normalized spacial score (nSPS) is 20.1. The number of carbonyl (C=O) groups excluding carboxylic acids is 2. The molecule has 1 spiro atoms. The largest absolute Gasteiger partial charge is 0.484 e. The number of rotatable bonds is 5. The molecule has 30 heavy (non-hydrogen) atoms. The fourth-order valence-corrected chi connectivity index (χ4v) is 3.93. The van der Waals surface area contributed by atoms with Crippen LogP contribution in [0.25, 0.3) is 0 Å². The number of fused-ring (bicyclic) bond motifs is 1. The first-order chi connectivity index (χ1) is 14.5. The average Bonchev–Trinajstić information content (AvgIpc) is 3.27. The number of para-hydroxylation sites is 1. The maximum absolute atomic E-state index is 13.3. The van der Waals surface area contributed by atoms with Crippen molar-refractivity contribution in [3.8, 4) is 5.75 Å². The molecule has 2 aliphatic rings. The van der Waals surface area contributed by atoms with Crippen LogP contribution in [0.2, 0.25) is 0 Å². The minimum Gasteiger partial charge on any atom is -0.484 e. The van der Waals surface area contributed by atoms with Gasteiger partial charge in [0.15, 0.2) is 0 Å². The zero-order chi connectivity index (χ0) is 21.1. The third-order valence-corrected chi connectivity index (χ3v) is 5.87. The molecule has 1 saturated heterocycles. The fourth-order valence-electron chi connectivity index (χ4n) is 3.93. The van der Waals surface area contributed by atoms with Gasteiger partial charge in [0.2, 0.25) is 5.91 Å². The standard InChI is InChI=1S/C21H27N5O4/c1-15(26-14-22-13-24-26)11-23-19(27)16(2)25-12-21(7-9-29-10-8-21)30-18-6-4-3-5-17(18)20(25)28/h3-6,13-16H,7-12H2,1-2H3,(H,23,27). The minimum absolute atomic E-state index is 0.0469. The number of amides is 2. The minimum atomic E-state index is -0.644. The Morgan fingerprint density at radius 1 is 1.27 bits per heavy atom. The first-order valence-corrected chi connectivity index (χ1v) is 10.3. The topological polar surface area (TPSA) is 98.6 Å². The molecule has 2 unspecified atom stereocenters. The van der Waals surface area contributed by atoms with Gasteiger partial charge in [-0.25, -0.2) is 9.67 Å². The SMILES string of the molecule is CC(C(=O)NCC(C)n1cncn1)N1CC2(CCOCC2)Oc2ccccc2C1=O. The Morgan fingerprint density at radius 2 is 2.03 bits per heavy atom. The van der Waals surface area contributed by atoms with Crippen LogP contribution in [0.3, 0.4) is 0 Å². The van der Waals surface area contributed by atoms with Gasteiger partial charge in [0.1, 0.15) is 30.0 Å². The molecule has 0 bridgehead atoms. The van der Waals surface area contributed by atoms with E-state index in [0.717, 1.165) is 0 Å². The summed E-state index contributed by atoms with van der Waals surface area (Å²) in [5.74, 6) is 0.164.